The first kappa shape index (κ1) is 28.8. The number of carbonyl (C=O) groups is 1. The Labute approximate surface area is 226 Å². The molecule has 1 amide bonds. The first-order valence-electron chi connectivity index (χ1n) is 12.9. The van der Waals surface area contributed by atoms with Gasteiger partial charge in [-0.2, -0.15) is 5.10 Å². The number of aromatic hydroxyl groups is 1. The Morgan fingerprint density at radius 3 is 2.11 bits per heavy atom. The number of hydrazone groups is 1. The van der Waals surface area contributed by atoms with Gasteiger partial charge < -0.3 is 14.6 Å². The number of rotatable bonds is 9. The normalized spacial score (nSPS) is 12.0. The first-order valence-corrected chi connectivity index (χ1v) is 12.9. The van der Waals surface area contributed by atoms with Crippen molar-refractivity contribution in [3.8, 4) is 17.2 Å². The number of ether oxygens (including phenoxy) is 2. The fourth-order valence-corrected chi connectivity index (χ4v) is 4.10. The van der Waals surface area contributed by atoms with E-state index in [4.69, 9.17) is 9.47 Å². The van der Waals surface area contributed by atoms with E-state index < -0.39 is 0 Å². The molecule has 0 spiro atoms. The molecule has 0 bridgehead atoms. The third kappa shape index (κ3) is 7.85. The molecular formula is C32H40N2O4. The van der Waals surface area contributed by atoms with E-state index >= 15 is 0 Å². The third-order valence-corrected chi connectivity index (χ3v) is 6.25. The minimum atomic E-state index is -0.214. The van der Waals surface area contributed by atoms with Crippen LogP contribution < -0.4 is 14.9 Å². The summed E-state index contributed by atoms with van der Waals surface area (Å²) in [6, 6.07) is 19.4. The molecule has 0 aliphatic heterocycles. The van der Waals surface area contributed by atoms with Crippen molar-refractivity contribution in [1.29, 1.82) is 0 Å². The van der Waals surface area contributed by atoms with Crippen LogP contribution in [0.4, 0.5) is 0 Å². The molecule has 3 aromatic rings. The Morgan fingerprint density at radius 2 is 1.53 bits per heavy atom. The monoisotopic (exact) mass is 516 g/mol. The maximum atomic E-state index is 12.5. The highest BCUT2D eigenvalue weighted by Gasteiger charge is 2.26. The van der Waals surface area contributed by atoms with Crippen LogP contribution in [0, 0.1) is 0 Å². The highest BCUT2D eigenvalue weighted by atomic mass is 16.5. The molecule has 0 saturated carbocycles. The van der Waals surface area contributed by atoms with E-state index in [9.17, 15) is 9.90 Å². The molecular weight excluding hydrogens is 476 g/mol. The zero-order chi connectivity index (χ0) is 27.9. The van der Waals surface area contributed by atoms with Crippen molar-refractivity contribution >= 4 is 12.1 Å². The summed E-state index contributed by atoms with van der Waals surface area (Å²) in [5.74, 6) is 1.39. The average Bonchev–Trinajstić information content (AvgIpc) is 2.86. The van der Waals surface area contributed by atoms with Gasteiger partial charge in [0, 0.05) is 6.42 Å². The SMILES string of the molecule is COc1ccc(/C=N\NC(=O)CCc2cc(C(C)(C)C)c(O)c(C(C)(C)C)c2)cc1OCc1ccccc1. The number of nitrogens with one attached hydrogen (secondary N) is 1. The number of methoxy groups -OCH3 is 1. The van der Waals surface area contributed by atoms with Gasteiger partial charge in [0.15, 0.2) is 11.5 Å². The van der Waals surface area contributed by atoms with E-state index in [1.807, 2.05) is 60.7 Å². The molecule has 0 radical (unpaired) electrons. The predicted molar refractivity (Wildman–Crippen MR) is 153 cm³/mol. The summed E-state index contributed by atoms with van der Waals surface area (Å²) in [4.78, 5) is 12.5. The molecule has 0 saturated heterocycles. The molecule has 0 heterocycles. The number of benzene rings is 3. The zero-order valence-corrected chi connectivity index (χ0v) is 23.6. The molecule has 202 valence electrons. The van der Waals surface area contributed by atoms with Gasteiger partial charge in [-0.1, -0.05) is 84.0 Å². The van der Waals surface area contributed by atoms with Crippen molar-refractivity contribution in [3.05, 3.63) is 88.5 Å². The fraction of sp³-hybridized carbons (Fsp3) is 0.375. The Balaban J connectivity index is 1.64. The van der Waals surface area contributed by atoms with Crippen molar-refractivity contribution in [2.45, 2.75) is 71.8 Å². The van der Waals surface area contributed by atoms with Gasteiger partial charge in [0.1, 0.15) is 12.4 Å². The summed E-state index contributed by atoms with van der Waals surface area (Å²) in [5.41, 5.74) is 6.82. The molecule has 0 fully saturated rings. The van der Waals surface area contributed by atoms with Crippen molar-refractivity contribution < 1.29 is 19.4 Å². The van der Waals surface area contributed by atoms with Crippen LogP contribution in [-0.4, -0.2) is 24.3 Å². The van der Waals surface area contributed by atoms with Crippen molar-refractivity contribution in [2.24, 2.45) is 5.10 Å². The number of hydrogen-bond acceptors (Lipinski definition) is 5. The molecule has 6 nitrogen and oxygen atoms in total. The number of phenols is 1. The zero-order valence-electron chi connectivity index (χ0n) is 23.6. The number of nitrogens with zero attached hydrogens (tertiary/aromatic N) is 1. The third-order valence-electron chi connectivity index (χ3n) is 6.25. The molecule has 3 rings (SSSR count). The Kier molecular flexibility index (Phi) is 9.21. The van der Waals surface area contributed by atoms with Crippen molar-refractivity contribution in [2.75, 3.05) is 7.11 Å². The van der Waals surface area contributed by atoms with E-state index in [0.717, 1.165) is 27.8 Å². The topological polar surface area (TPSA) is 80.2 Å². The highest BCUT2D eigenvalue weighted by Crippen LogP contribution is 2.40. The van der Waals surface area contributed by atoms with Crippen LogP contribution in [0.3, 0.4) is 0 Å². The summed E-state index contributed by atoms with van der Waals surface area (Å²) in [6.07, 6.45) is 2.42. The van der Waals surface area contributed by atoms with Gasteiger partial charge >= 0.3 is 0 Å². The highest BCUT2D eigenvalue weighted by molar-refractivity contribution is 5.83. The standard InChI is InChI=1S/C32H40N2O4/c1-31(2,3)25-17-23(18-26(30(25)36)32(4,5)6)14-16-29(35)34-33-20-24-13-15-27(37-7)28(19-24)38-21-22-11-9-8-10-12-22/h8-13,15,17-20,36H,14,16,21H2,1-7H3,(H,34,35)/b33-20-. The maximum Gasteiger partial charge on any atom is 0.240 e. The minimum absolute atomic E-state index is 0.182. The van der Waals surface area contributed by atoms with Gasteiger partial charge in [-0.05, 0) is 63.3 Å². The van der Waals surface area contributed by atoms with E-state index in [2.05, 4.69) is 52.1 Å². The van der Waals surface area contributed by atoms with Gasteiger partial charge in [0.2, 0.25) is 5.91 Å². The van der Waals surface area contributed by atoms with Crippen LogP contribution in [-0.2, 0) is 28.7 Å². The second-order valence-electron chi connectivity index (χ2n) is 11.5. The van der Waals surface area contributed by atoms with Crippen LogP contribution in [0.5, 0.6) is 17.2 Å². The lowest BCUT2D eigenvalue weighted by molar-refractivity contribution is -0.121. The summed E-state index contributed by atoms with van der Waals surface area (Å²) < 4.78 is 11.4. The van der Waals surface area contributed by atoms with Crippen LogP contribution in [0.15, 0.2) is 65.8 Å². The van der Waals surface area contributed by atoms with Crippen molar-refractivity contribution in [3.63, 3.8) is 0 Å². The summed E-state index contributed by atoms with van der Waals surface area (Å²) in [5, 5.41) is 15.1. The second-order valence-corrected chi connectivity index (χ2v) is 11.5. The number of hydrogen-bond donors (Lipinski definition) is 2. The average molecular weight is 517 g/mol. The summed E-state index contributed by atoms with van der Waals surface area (Å²) in [6.45, 7) is 12.9. The minimum Gasteiger partial charge on any atom is -0.507 e. The Morgan fingerprint density at radius 1 is 0.895 bits per heavy atom. The van der Waals surface area contributed by atoms with E-state index in [0.29, 0.717) is 30.3 Å². The molecule has 0 aromatic heterocycles. The second kappa shape index (κ2) is 12.2. The summed E-state index contributed by atoms with van der Waals surface area (Å²) in [7, 11) is 1.60. The van der Waals surface area contributed by atoms with Crippen LogP contribution in [0.1, 0.15) is 75.8 Å². The lowest BCUT2D eigenvalue weighted by Gasteiger charge is -2.28. The van der Waals surface area contributed by atoms with Crippen LogP contribution >= 0.6 is 0 Å². The van der Waals surface area contributed by atoms with Crippen molar-refractivity contribution in [1.82, 2.24) is 5.43 Å². The van der Waals surface area contributed by atoms with E-state index in [1.54, 1.807) is 13.3 Å². The number of amides is 1. The molecule has 6 heteroatoms. The maximum absolute atomic E-state index is 12.5. The van der Waals surface area contributed by atoms with Gasteiger partial charge in [-0.15, -0.1) is 0 Å². The lowest BCUT2D eigenvalue weighted by atomic mass is 9.78. The van der Waals surface area contributed by atoms with Gasteiger partial charge in [0.25, 0.3) is 0 Å². The van der Waals surface area contributed by atoms with E-state index in [1.165, 1.54) is 0 Å². The Bertz CT molecular complexity index is 1230. The Hall–Kier alpha value is -3.80. The number of phenolic OH excluding ortho intramolecular Hbond substituents is 1. The van der Waals surface area contributed by atoms with E-state index in [-0.39, 0.29) is 23.2 Å². The van der Waals surface area contributed by atoms with Gasteiger partial charge in [-0.3, -0.25) is 4.79 Å². The molecule has 3 aromatic carbocycles. The quantitative estimate of drug-likeness (QED) is 0.246. The summed E-state index contributed by atoms with van der Waals surface area (Å²) >= 11 is 0. The largest absolute Gasteiger partial charge is 0.507 e. The number of aryl methyl sites for hydroxylation is 1. The lowest BCUT2D eigenvalue weighted by Crippen LogP contribution is -2.20. The van der Waals surface area contributed by atoms with Gasteiger partial charge in [0.05, 0.1) is 13.3 Å². The molecule has 0 atom stereocenters. The number of carbonyl (C=O) groups excluding carboxylic acids is 1. The van der Waals surface area contributed by atoms with Crippen LogP contribution in [0.25, 0.3) is 0 Å². The molecule has 0 aliphatic rings. The fourth-order valence-electron chi connectivity index (χ4n) is 4.10. The molecule has 0 unspecified atom stereocenters. The first-order chi connectivity index (χ1) is 17.9. The van der Waals surface area contributed by atoms with Gasteiger partial charge in [-0.25, -0.2) is 5.43 Å². The predicted octanol–water partition coefficient (Wildman–Crippen LogP) is 6.66. The molecule has 0 aliphatic carbocycles. The van der Waals surface area contributed by atoms with Crippen LogP contribution in [0.2, 0.25) is 0 Å². The molecule has 2 N–H and O–H groups in total. The molecule has 38 heavy (non-hydrogen) atoms. The smallest absolute Gasteiger partial charge is 0.240 e.